The van der Waals surface area contributed by atoms with E-state index in [9.17, 15) is 0 Å². The molecule has 112 valence electrons. The Bertz CT molecular complexity index is 384. The lowest BCUT2D eigenvalue weighted by Crippen LogP contribution is -2.27. The van der Waals surface area contributed by atoms with E-state index in [1.807, 2.05) is 12.1 Å². The maximum atomic E-state index is 5.99. The van der Waals surface area contributed by atoms with Crippen molar-refractivity contribution < 1.29 is 4.74 Å². The Kier molecular flexibility index (Phi) is 6.34. The van der Waals surface area contributed by atoms with E-state index in [-0.39, 0.29) is 0 Å². The molecule has 0 aliphatic carbocycles. The number of hydrogen-bond donors (Lipinski definition) is 1. The molecular formula is C17H26ClNO. The summed E-state index contributed by atoms with van der Waals surface area (Å²) in [5.74, 6) is 1.19. The SMILES string of the molecule is CC(C)CNCC(CC1CCCO1)c1ccc(Cl)cc1. The minimum absolute atomic E-state index is 0.427. The van der Waals surface area contributed by atoms with Crippen molar-refractivity contribution in [1.82, 2.24) is 5.32 Å². The van der Waals surface area contributed by atoms with Gasteiger partial charge in [0.15, 0.2) is 0 Å². The number of benzene rings is 1. The van der Waals surface area contributed by atoms with Gasteiger partial charge in [0.2, 0.25) is 0 Å². The van der Waals surface area contributed by atoms with Gasteiger partial charge >= 0.3 is 0 Å². The van der Waals surface area contributed by atoms with Crippen LogP contribution >= 0.6 is 11.6 Å². The predicted molar refractivity (Wildman–Crippen MR) is 85.5 cm³/mol. The fourth-order valence-corrected chi connectivity index (χ4v) is 2.89. The smallest absolute Gasteiger partial charge is 0.0582 e. The third-order valence-electron chi connectivity index (χ3n) is 3.86. The average Bonchev–Trinajstić information content (AvgIpc) is 2.91. The Morgan fingerprint density at radius 3 is 2.60 bits per heavy atom. The van der Waals surface area contributed by atoms with Crippen LogP contribution in [0.15, 0.2) is 24.3 Å². The fraction of sp³-hybridized carbons (Fsp3) is 0.647. The maximum Gasteiger partial charge on any atom is 0.0582 e. The summed E-state index contributed by atoms with van der Waals surface area (Å²) in [5, 5.41) is 4.39. The van der Waals surface area contributed by atoms with Gasteiger partial charge in [-0.3, -0.25) is 0 Å². The molecule has 1 aliphatic rings. The molecule has 0 bridgehead atoms. The minimum atomic E-state index is 0.427. The average molecular weight is 296 g/mol. The molecule has 1 aromatic carbocycles. The zero-order chi connectivity index (χ0) is 14.4. The summed E-state index contributed by atoms with van der Waals surface area (Å²) in [6, 6.07) is 8.28. The second-order valence-electron chi connectivity index (χ2n) is 6.17. The molecule has 0 spiro atoms. The second kappa shape index (κ2) is 8.02. The van der Waals surface area contributed by atoms with E-state index in [0.717, 1.165) is 31.1 Å². The normalized spacial score (nSPS) is 20.5. The first kappa shape index (κ1) is 15.8. The molecule has 1 N–H and O–H groups in total. The minimum Gasteiger partial charge on any atom is -0.378 e. The molecule has 2 atom stereocenters. The van der Waals surface area contributed by atoms with Crippen LogP contribution in [0.25, 0.3) is 0 Å². The summed E-state index contributed by atoms with van der Waals surface area (Å²) in [6.07, 6.45) is 3.94. The molecule has 1 aromatic rings. The van der Waals surface area contributed by atoms with Gasteiger partial charge in [0.1, 0.15) is 0 Å². The predicted octanol–water partition coefficient (Wildman–Crippen LogP) is 4.24. The molecular weight excluding hydrogens is 270 g/mol. The molecule has 1 fully saturated rings. The first-order chi connectivity index (χ1) is 9.65. The highest BCUT2D eigenvalue weighted by molar-refractivity contribution is 6.30. The quantitative estimate of drug-likeness (QED) is 0.812. The first-order valence-corrected chi connectivity index (χ1v) is 8.10. The fourth-order valence-electron chi connectivity index (χ4n) is 2.77. The van der Waals surface area contributed by atoms with Gasteiger partial charge in [-0.25, -0.2) is 0 Å². The zero-order valence-corrected chi connectivity index (χ0v) is 13.3. The van der Waals surface area contributed by atoms with Gasteiger partial charge in [0.05, 0.1) is 6.10 Å². The lowest BCUT2D eigenvalue weighted by molar-refractivity contribution is 0.0976. The number of hydrogen-bond acceptors (Lipinski definition) is 2. The van der Waals surface area contributed by atoms with Crippen molar-refractivity contribution in [1.29, 1.82) is 0 Å². The van der Waals surface area contributed by atoms with Crippen molar-refractivity contribution in [2.24, 2.45) is 5.92 Å². The maximum absolute atomic E-state index is 5.99. The number of rotatable bonds is 7. The molecule has 1 heterocycles. The molecule has 1 aliphatic heterocycles. The van der Waals surface area contributed by atoms with E-state index in [0.29, 0.717) is 17.9 Å². The van der Waals surface area contributed by atoms with Gasteiger partial charge in [-0.2, -0.15) is 0 Å². The van der Waals surface area contributed by atoms with Crippen LogP contribution in [0, 0.1) is 5.92 Å². The molecule has 2 rings (SSSR count). The van der Waals surface area contributed by atoms with E-state index < -0.39 is 0 Å². The Morgan fingerprint density at radius 1 is 1.25 bits per heavy atom. The third-order valence-corrected chi connectivity index (χ3v) is 4.11. The van der Waals surface area contributed by atoms with Crippen molar-refractivity contribution in [3.63, 3.8) is 0 Å². The third kappa shape index (κ3) is 5.08. The van der Waals surface area contributed by atoms with Crippen LogP contribution in [-0.2, 0) is 4.74 Å². The molecule has 0 saturated carbocycles. The summed E-state index contributed by atoms with van der Waals surface area (Å²) in [7, 11) is 0. The molecule has 2 nitrogen and oxygen atoms in total. The van der Waals surface area contributed by atoms with Crippen molar-refractivity contribution in [2.75, 3.05) is 19.7 Å². The van der Waals surface area contributed by atoms with Gasteiger partial charge in [-0.1, -0.05) is 37.6 Å². The second-order valence-corrected chi connectivity index (χ2v) is 6.61. The highest BCUT2D eigenvalue weighted by Crippen LogP contribution is 2.27. The van der Waals surface area contributed by atoms with Crippen LogP contribution in [0.5, 0.6) is 0 Å². The molecule has 0 radical (unpaired) electrons. The number of ether oxygens (including phenoxy) is 1. The van der Waals surface area contributed by atoms with Crippen molar-refractivity contribution in [2.45, 2.75) is 45.1 Å². The van der Waals surface area contributed by atoms with Crippen LogP contribution in [-0.4, -0.2) is 25.8 Å². The first-order valence-electron chi connectivity index (χ1n) is 7.73. The van der Waals surface area contributed by atoms with Crippen LogP contribution in [0.4, 0.5) is 0 Å². The summed E-state index contributed by atoms with van der Waals surface area (Å²) < 4.78 is 5.80. The standard InChI is InChI=1S/C17H26ClNO/c1-13(2)11-19-12-15(10-17-4-3-9-20-17)14-5-7-16(18)8-6-14/h5-8,13,15,17,19H,3-4,9-12H2,1-2H3. The Balaban J connectivity index is 1.96. The van der Waals surface area contributed by atoms with E-state index in [1.165, 1.54) is 18.4 Å². The van der Waals surface area contributed by atoms with Gasteiger partial charge in [-0.05, 0) is 55.3 Å². The molecule has 20 heavy (non-hydrogen) atoms. The van der Waals surface area contributed by atoms with Crippen LogP contribution < -0.4 is 5.32 Å². The largest absolute Gasteiger partial charge is 0.378 e. The molecule has 1 saturated heterocycles. The summed E-state index contributed by atoms with van der Waals surface area (Å²) in [6.45, 7) is 7.49. The van der Waals surface area contributed by atoms with Crippen molar-refractivity contribution >= 4 is 11.6 Å². The summed E-state index contributed by atoms with van der Waals surface area (Å²) >= 11 is 5.99. The van der Waals surface area contributed by atoms with Crippen molar-refractivity contribution in [3.8, 4) is 0 Å². The number of nitrogens with one attached hydrogen (secondary N) is 1. The Morgan fingerprint density at radius 2 is 2.00 bits per heavy atom. The highest BCUT2D eigenvalue weighted by Gasteiger charge is 2.21. The number of halogens is 1. The Labute approximate surface area is 127 Å². The molecule has 3 heteroatoms. The molecule has 0 aromatic heterocycles. The van der Waals surface area contributed by atoms with E-state index >= 15 is 0 Å². The Hall–Kier alpha value is -0.570. The van der Waals surface area contributed by atoms with Gasteiger partial charge in [0, 0.05) is 18.2 Å². The van der Waals surface area contributed by atoms with Gasteiger partial charge in [-0.15, -0.1) is 0 Å². The van der Waals surface area contributed by atoms with Gasteiger partial charge in [0.25, 0.3) is 0 Å². The summed E-state index contributed by atoms with van der Waals surface area (Å²) in [5.41, 5.74) is 1.36. The molecule has 2 unspecified atom stereocenters. The van der Waals surface area contributed by atoms with Crippen LogP contribution in [0.3, 0.4) is 0 Å². The summed E-state index contributed by atoms with van der Waals surface area (Å²) in [4.78, 5) is 0. The topological polar surface area (TPSA) is 21.3 Å². The highest BCUT2D eigenvalue weighted by atomic mass is 35.5. The monoisotopic (exact) mass is 295 g/mol. The van der Waals surface area contributed by atoms with Crippen LogP contribution in [0.2, 0.25) is 5.02 Å². The van der Waals surface area contributed by atoms with E-state index in [2.05, 4.69) is 31.3 Å². The zero-order valence-electron chi connectivity index (χ0n) is 12.6. The van der Waals surface area contributed by atoms with E-state index in [4.69, 9.17) is 16.3 Å². The lowest BCUT2D eigenvalue weighted by Gasteiger charge is -2.22. The molecule has 0 amide bonds. The van der Waals surface area contributed by atoms with Crippen molar-refractivity contribution in [3.05, 3.63) is 34.9 Å². The van der Waals surface area contributed by atoms with E-state index in [1.54, 1.807) is 0 Å². The van der Waals surface area contributed by atoms with Crippen LogP contribution in [0.1, 0.15) is 44.6 Å². The lowest BCUT2D eigenvalue weighted by atomic mass is 9.92. The van der Waals surface area contributed by atoms with Gasteiger partial charge < -0.3 is 10.1 Å².